The molecule has 0 aromatic heterocycles. The molecule has 9 heavy (non-hydrogen) atoms. The van der Waals surface area contributed by atoms with Crippen LogP contribution < -0.4 is 0 Å². The standard InChI is InChI=1S/C7H12O2/c1-5(8)3-6-4-7(6,2)9/h6,9H,3-4H2,1-2H3. The van der Waals surface area contributed by atoms with Crippen LogP contribution in [0.2, 0.25) is 0 Å². The summed E-state index contributed by atoms with van der Waals surface area (Å²) in [5.74, 6) is 0.424. The number of carbonyl (C=O) groups excluding carboxylic acids is 1. The van der Waals surface area contributed by atoms with Crippen molar-refractivity contribution in [1.82, 2.24) is 0 Å². The highest BCUT2D eigenvalue weighted by atomic mass is 16.3. The van der Waals surface area contributed by atoms with Gasteiger partial charge in [0.05, 0.1) is 5.60 Å². The van der Waals surface area contributed by atoms with E-state index in [-0.39, 0.29) is 11.7 Å². The van der Waals surface area contributed by atoms with Crippen molar-refractivity contribution in [3.63, 3.8) is 0 Å². The van der Waals surface area contributed by atoms with Crippen molar-refractivity contribution in [2.75, 3.05) is 0 Å². The highest BCUT2D eigenvalue weighted by Gasteiger charge is 2.48. The van der Waals surface area contributed by atoms with Gasteiger partial charge in [-0.05, 0) is 26.2 Å². The number of ketones is 1. The third kappa shape index (κ3) is 1.52. The van der Waals surface area contributed by atoms with E-state index in [2.05, 4.69) is 0 Å². The Bertz CT molecular complexity index is 138. The zero-order valence-electron chi connectivity index (χ0n) is 5.85. The van der Waals surface area contributed by atoms with Crippen molar-refractivity contribution in [2.45, 2.75) is 32.3 Å². The van der Waals surface area contributed by atoms with Crippen molar-refractivity contribution in [3.05, 3.63) is 0 Å². The quantitative estimate of drug-likeness (QED) is 0.595. The molecule has 1 fully saturated rings. The summed E-state index contributed by atoms with van der Waals surface area (Å²) in [6, 6.07) is 0. The number of rotatable bonds is 2. The third-order valence-electron chi connectivity index (χ3n) is 1.91. The van der Waals surface area contributed by atoms with Gasteiger partial charge in [0.1, 0.15) is 5.78 Å². The van der Waals surface area contributed by atoms with Gasteiger partial charge in [-0.3, -0.25) is 0 Å². The molecule has 0 bridgehead atoms. The molecule has 0 saturated heterocycles. The van der Waals surface area contributed by atoms with E-state index in [0.717, 1.165) is 6.42 Å². The maximum absolute atomic E-state index is 10.5. The SMILES string of the molecule is CC(=O)CC1CC1(C)O. The molecule has 0 aromatic rings. The predicted molar refractivity (Wildman–Crippen MR) is 34.0 cm³/mol. The van der Waals surface area contributed by atoms with Crippen LogP contribution in [0.4, 0.5) is 0 Å². The third-order valence-corrected chi connectivity index (χ3v) is 1.91. The van der Waals surface area contributed by atoms with E-state index in [1.54, 1.807) is 13.8 Å². The molecule has 2 heteroatoms. The average Bonchev–Trinajstić information content (AvgIpc) is 2.10. The normalized spacial score (nSPS) is 40.6. The van der Waals surface area contributed by atoms with Crippen LogP contribution in [-0.4, -0.2) is 16.5 Å². The lowest BCUT2D eigenvalue weighted by Gasteiger charge is -1.97. The molecule has 0 heterocycles. The Morgan fingerprint density at radius 2 is 2.33 bits per heavy atom. The second kappa shape index (κ2) is 1.81. The fourth-order valence-corrected chi connectivity index (χ4v) is 1.08. The van der Waals surface area contributed by atoms with Crippen molar-refractivity contribution in [3.8, 4) is 0 Å². The molecule has 1 saturated carbocycles. The second-order valence-corrected chi connectivity index (χ2v) is 3.16. The van der Waals surface area contributed by atoms with Crippen LogP contribution in [0.25, 0.3) is 0 Å². The first kappa shape index (κ1) is 6.75. The highest BCUT2D eigenvalue weighted by Crippen LogP contribution is 2.45. The van der Waals surface area contributed by atoms with E-state index in [1.165, 1.54) is 0 Å². The van der Waals surface area contributed by atoms with E-state index >= 15 is 0 Å². The second-order valence-electron chi connectivity index (χ2n) is 3.16. The van der Waals surface area contributed by atoms with Gasteiger partial charge in [-0.1, -0.05) is 0 Å². The summed E-state index contributed by atoms with van der Waals surface area (Å²) in [6.07, 6.45) is 1.35. The van der Waals surface area contributed by atoms with E-state index in [1.807, 2.05) is 0 Å². The number of Topliss-reactive ketones (excluding diaryl/α,β-unsaturated/α-hetero) is 1. The smallest absolute Gasteiger partial charge is 0.130 e. The Kier molecular flexibility index (Phi) is 1.35. The minimum Gasteiger partial charge on any atom is -0.390 e. The van der Waals surface area contributed by atoms with Gasteiger partial charge in [0.2, 0.25) is 0 Å². The molecule has 52 valence electrons. The van der Waals surface area contributed by atoms with Gasteiger partial charge in [0.15, 0.2) is 0 Å². The summed E-state index contributed by atoms with van der Waals surface area (Å²) >= 11 is 0. The van der Waals surface area contributed by atoms with Crippen molar-refractivity contribution in [2.24, 2.45) is 5.92 Å². The van der Waals surface area contributed by atoms with Gasteiger partial charge in [-0.25, -0.2) is 0 Å². The number of carbonyl (C=O) groups is 1. The molecular weight excluding hydrogens is 116 g/mol. The first-order valence-corrected chi connectivity index (χ1v) is 3.24. The predicted octanol–water partition coefficient (Wildman–Crippen LogP) is 0.736. The summed E-state index contributed by atoms with van der Waals surface area (Å²) in [4.78, 5) is 10.5. The lowest BCUT2D eigenvalue weighted by Crippen LogP contribution is -2.05. The average molecular weight is 128 g/mol. The molecule has 0 amide bonds. The van der Waals surface area contributed by atoms with Crippen molar-refractivity contribution < 1.29 is 9.90 Å². The molecule has 2 unspecified atom stereocenters. The fourth-order valence-electron chi connectivity index (χ4n) is 1.08. The van der Waals surface area contributed by atoms with Crippen molar-refractivity contribution in [1.29, 1.82) is 0 Å². The maximum atomic E-state index is 10.5. The number of aliphatic hydroxyl groups is 1. The summed E-state index contributed by atoms with van der Waals surface area (Å²) in [5, 5.41) is 9.19. The van der Waals surface area contributed by atoms with Crippen LogP contribution in [0, 0.1) is 5.92 Å². The molecule has 1 N–H and O–H groups in total. The van der Waals surface area contributed by atoms with E-state index in [4.69, 9.17) is 0 Å². The van der Waals surface area contributed by atoms with Crippen LogP contribution in [0.5, 0.6) is 0 Å². The summed E-state index contributed by atoms with van der Waals surface area (Å²) in [6.45, 7) is 3.34. The Labute approximate surface area is 54.9 Å². The lowest BCUT2D eigenvalue weighted by atomic mass is 10.2. The van der Waals surface area contributed by atoms with Gasteiger partial charge in [-0.15, -0.1) is 0 Å². The number of hydrogen-bond acceptors (Lipinski definition) is 2. The first-order chi connectivity index (χ1) is 4.02. The van der Waals surface area contributed by atoms with Gasteiger partial charge in [-0.2, -0.15) is 0 Å². The largest absolute Gasteiger partial charge is 0.390 e. The van der Waals surface area contributed by atoms with E-state index < -0.39 is 5.60 Å². The molecular formula is C7H12O2. The molecule has 0 aliphatic heterocycles. The minimum atomic E-state index is -0.522. The first-order valence-electron chi connectivity index (χ1n) is 3.24. The van der Waals surface area contributed by atoms with Gasteiger partial charge < -0.3 is 9.90 Å². The van der Waals surface area contributed by atoms with Crippen LogP contribution in [0.3, 0.4) is 0 Å². The summed E-state index contributed by atoms with van der Waals surface area (Å²) in [7, 11) is 0. The monoisotopic (exact) mass is 128 g/mol. The van der Waals surface area contributed by atoms with Gasteiger partial charge >= 0.3 is 0 Å². The van der Waals surface area contributed by atoms with E-state index in [9.17, 15) is 9.90 Å². The minimum absolute atomic E-state index is 0.178. The van der Waals surface area contributed by atoms with Crippen LogP contribution in [0.1, 0.15) is 26.7 Å². The molecule has 2 atom stereocenters. The molecule has 0 radical (unpaired) electrons. The molecule has 0 aromatic carbocycles. The Hall–Kier alpha value is -0.370. The summed E-state index contributed by atoms with van der Waals surface area (Å²) in [5.41, 5.74) is -0.522. The van der Waals surface area contributed by atoms with E-state index in [0.29, 0.717) is 6.42 Å². The summed E-state index contributed by atoms with van der Waals surface area (Å²) < 4.78 is 0. The molecule has 2 nitrogen and oxygen atoms in total. The molecule has 1 aliphatic carbocycles. The molecule has 1 rings (SSSR count). The lowest BCUT2D eigenvalue weighted by molar-refractivity contribution is -0.117. The van der Waals surface area contributed by atoms with Crippen LogP contribution in [-0.2, 0) is 4.79 Å². The maximum Gasteiger partial charge on any atom is 0.130 e. The highest BCUT2D eigenvalue weighted by molar-refractivity contribution is 5.76. The fraction of sp³-hybridized carbons (Fsp3) is 0.857. The Morgan fingerprint density at radius 1 is 1.89 bits per heavy atom. The molecule has 0 spiro atoms. The molecule has 1 aliphatic rings. The number of hydrogen-bond donors (Lipinski definition) is 1. The zero-order valence-corrected chi connectivity index (χ0v) is 5.85. The topological polar surface area (TPSA) is 37.3 Å². The van der Waals surface area contributed by atoms with Crippen molar-refractivity contribution >= 4 is 5.78 Å². The van der Waals surface area contributed by atoms with Crippen LogP contribution >= 0.6 is 0 Å². The van der Waals surface area contributed by atoms with Gasteiger partial charge in [0.25, 0.3) is 0 Å². The van der Waals surface area contributed by atoms with Gasteiger partial charge in [0, 0.05) is 6.42 Å². The van der Waals surface area contributed by atoms with Crippen LogP contribution in [0.15, 0.2) is 0 Å². The Morgan fingerprint density at radius 3 is 2.44 bits per heavy atom. The zero-order chi connectivity index (χ0) is 7.07. The Balaban J connectivity index is 2.28.